The third-order valence-corrected chi connectivity index (χ3v) is 12.8. The summed E-state index contributed by atoms with van der Waals surface area (Å²) in [4.78, 5) is 34.0. The lowest BCUT2D eigenvalue weighted by Crippen LogP contribution is -2.70. The molecule has 0 spiro atoms. The van der Waals surface area contributed by atoms with Crippen molar-refractivity contribution in [2.24, 2.45) is 22.9 Å². The highest BCUT2D eigenvalue weighted by Crippen LogP contribution is 2.62. The molecule has 0 bridgehead atoms. The number of hydrogen-bond donors (Lipinski definition) is 2. The van der Waals surface area contributed by atoms with Crippen molar-refractivity contribution in [2.45, 2.75) is 87.5 Å². The number of non-ortho nitro benzene ring substituents is 1. The van der Waals surface area contributed by atoms with E-state index in [0.717, 1.165) is 41.7 Å². The lowest BCUT2D eigenvalue weighted by Gasteiger charge is -2.59. The van der Waals surface area contributed by atoms with Crippen molar-refractivity contribution >= 4 is 40.9 Å². The van der Waals surface area contributed by atoms with Crippen molar-refractivity contribution in [3.63, 3.8) is 0 Å². The van der Waals surface area contributed by atoms with Crippen molar-refractivity contribution in [3.8, 4) is 17.2 Å². The van der Waals surface area contributed by atoms with Crippen molar-refractivity contribution in [1.29, 1.82) is 0 Å². The van der Waals surface area contributed by atoms with Crippen LogP contribution in [0.15, 0.2) is 101 Å². The fourth-order valence-electron chi connectivity index (χ4n) is 9.21. The molecule has 1 aliphatic heterocycles. The van der Waals surface area contributed by atoms with Crippen molar-refractivity contribution in [1.82, 2.24) is 4.90 Å². The summed E-state index contributed by atoms with van der Waals surface area (Å²) < 4.78 is 26.5. The Balaban J connectivity index is 1.55. The predicted molar refractivity (Wildman–Crippen MR) is 240 cm³/mol. The van der Waals surface area contributed by atoms with Crippen LogP contribution in [0.25, 0.3) is 0 Å². The van der Waals surface area contributed by atoms with E-state index < -0.39 is 28.8 Å². The van der Waals surface area contributed by atoms with Crippen molar-refractivity contribution in [3.05, 3.63) is 112 Å². The van der Waals surface area contributed by atoms with Gasteiger partial charge in [0.2, 0.25) is 5.79 Å². The van der Waals surface area contributed by atoms with E-state index in [-0.39, 0.29) is 68.8 Å². The first-order valence-electron chi connectivity index (χ1n) is 21.5. The summed E-state index contributed by atoms with van der Waals surface area (Å²) in [6, 6.07) is 19.2. The van der Waals surface area contributed by atoms with Crippen LogP contribution in [0.4, 0.5) is 10.5 Å². The van der Waals surface area contributed by atoms with Gasteiger partial charge in [-0.2, -0.15) is 0 Å². The first kappa shape index (κ1) is 46.9. The van der Waals surface area contributed by atoms with Crippen LogP contribution in [0.5, 0.6) is 17.2 Å². The second-order valence-corrected chi connectivity index (χ2v) is 17.0. The van der Waals surface area contributed by atoms with Crippen LogP contribution in [0.1, 0.15) is 75.3 Å². The molecule has 13 nitrogen and oxygen atoms in total. The zero-order chi connectivity index (χ0) is 44.1. The van der Waals surface area contributed by atoms with Gasteiger partial charge in [-0.3, -0.25) is 15.0 Å². The first-order valence-corrected chi connectivity index (χ1v) is 23.2. The number of rotatable bonds is 23. The Morgan fingerprint density at radius 2 is 1.79 bits per heavy atom. The first-order chi connectivity index (χ1) is 30.2. The molecule has 1 amide bonds. The number of halogens is 1. The molecule has 0 unspecified atom stereocenters. The standard InChI is InChI=1S/C47H58ClN3O10S/c1-4-23-50(46(54)57-27-22-48)43-30-41(49-59-31-32-12-14-34(15-13-32)51(55)56)39-28-33(10-6-8-24-52)38(11-7-9-25-53)44-40-29-36(60-35-16-19-37(62-3)20-17-35)18-21-42(40)61-47(43,45(39)44)58-26-5-2/h5,12-21,28-29,33,38,43-45,52-53H,2,4,6-11,22-27,30-31H2,1,3H3/t33-,38+,43-,44+,45+,47+/m0/s1. The molecule has 1 heterocycles. The number of fused-ring (bicyclic) bond motifs is 2. The lowest BCUT2D eigenvalue weighted by atomic mass is 9.55. The monoisotopic (exact) mass is 891 g/mol. The molecule has 1 saturated carbocycles. The number of unbranched alkanes of at least 4 members (excludes halogenated alkanes) is 2. The number of carbonyl (C=O) groups excluding carboxylic acids is 1. The fraction of sp³-hybridized carbons (Fsp3) is 0.489. The molecule has 2 aliphatic carbocycles. The number of allylic oxidation sites excluding steroid dienone is 1. The Bertz CT molecular complexity index is 2030. The largest absolute Gasteiger partial charge is 0.459 e. The summed E-state index contributed by atoms with van der Waals surface area (Å²) in [5.74, 6) is -0.137. The molecule has 0 aromatic heterocycles. The minimum atomic E-state index is -1.45. The van der Waals surface area contributed by atoms with Crippen molar-refractivity contribution in [2.75, 3.05) is 45.1 Å². The second kappa shape index (κ2) is 22.7. The van der Waals surface area contributed by atoms with Gasteiger partial charge in [-0.05, 0) is 116 Å². The Morgan fingerprint density at radius 3 is 2.45 bits per heavy atom. The summed E-state index contributed by atoms with van der Waals surface area (Å²) in [6.07, 6.45) is 10.6. The molecular formula is C47H58ClN3O10S. The molecule has 0 radical (unpaired) electrons. The molecule has 2 N–H and O–H groups in total. The molecule has 62 heavy (non-hydrogen) atoms. The van der Waals surface area contributed by atoms with Gasteiger partial charge in [0.15, 0.2) is 0 Å². The molecule has 3 aromatic carbocycles. The lowest BCUT2D eigenvalue weighted by molar-refractivity contribution is -0.384. The number of nitrogens with zero attached hydrogens (tertiary/aromatic N) is 3. The van der Waals surface area contributed by atoms with Gasteiger partial charge in [0.25, 0.3) is 5.69 Å². The third kappa shape index (κ3) is 10.8. The molecule has 6 rings (SSSR count). The average Bonchev–Trinajstić information content (AvgIpc) is 3.28. The highest BCUT2D eigenvalue weighted by molar-refractivity contribution is 7.98. The summed E-state index contributed by atoms with van der Waals surface area (Å²) in [5.41, 5.74) is 3.09. The molecule has 6 atom stereocenters. The Morgan fingerprint density at radius 1 is 1.06 bits per heavy atom. The number of alkyl halides is 1. The number of hydrogen-bond acceptors (Lipinski definition) is 12. The van der Waals surface area contributed by atoms with Gasteiger partial charge >= 0.3 is 6.09 Å². The molecule has 1 fully saturated rings. The van der Waals surface area contributed by atoms with Crippen LogP contribution in [0, 0.1) is 27.9 Å². The summed E-state index contributed by atoms with van der Waals surface area (Å²) >= 11 is 7.68. The van der Waals surface area contributed by atoms with E-state index in [4.69, 9.17) is 40.5 Å². The molecule has 3 aliphatic rings. The van der Waals surface area contributed by atoms with Crippen LogP contribution in [-0.2, 0) is 20.9 Å². The van der Waals surface area contributed by atoms with Crippen LogP contribution < -0.4 is 9.47 Å². The topological polar surface area (TPSA) is 162 Å². The minimum absolute atomic E-state index is 0.0132. The van der Waals surface area contributed by atoms with Gasteiger partial charge in [-0.15, -0.1) is 29.9 Å². The SMILES string of the molecule is C=CCO[C@@]12Oc3ccc(Oc4ccc(SC)cc4)cc3[C@H]3[C@H](CCCCO)[C@@H](CCCCO)C=C(C(=NOCc4ccc([N+](=O)[O-])cc4)C[C@@H]1N(CCC)C(=O)OCCCl)[C@H]32. The van der Waals surface area contributed by atoms with Gasteiger partial charge in [0, 0.05) is 54.7 Å². The van der Waals surface area contributed by atoms with Gasteiger partial charge < -0.3 is 34.0 Å². The number of nitro groups is 1. The third-order valence-electron chi connectivity index (χ3n) is 11.9. The van der Waals surface area contributed by atoms with Crippen LogP contribution >= 0.6 is 23.4 Å². The van der Waals surface area contributed by atoms with E-state index in [0.29, 0.717) is 54.3 Å². The number of amides is 1. The normalized spacial score (nSPS) is 23.0. The highest BCUT2D eigenvalue weighted by atomic mass is 35.5. The molecule has 334 valence electrons. The highest BCUT2D eigenvalue weighted by Gasteiger charge is 2.65. The smallest absolute Gasteiger partial charge is 0.410 e. The molecule has 15 heteroatoms. The molecule has 3 aromatic rings. The van der Waals surface area contributed by atoms with E-state index in [9.17, 15) is 25.1 Å². The number of ether oxygens (including phenoxy) is 4. The Kier molecular flexibility index (Phi) is 17.1. The van der Waals surface area contributed by atoms with Gasteiger partial charge in [0.05, 0.1) is 29.0 Å². The minimum Gasteiger partial charge on any atom is -0.459 e. The van der Waals surface area contributed by atoms with E-state index in [1.54, 1.807) is 34.9 Å². The molecule has 0 saturated heterocycles. The summed E-state index contributed by atoms with van der Waals surface area (Å²) in [7, 11) is 0. The predicted octanol–water partition coefficient (Wildman–Crippen LogP) is 10.0. The summed E-state index contributed by atoms with van der Waals surface area (Å²) in [5, 5.41) is 36.0. The van der Waals surface area contributed by atoms with Crippen LogP contribution in [0.3, 0.4) is 0 Å². The Hall–Kier alpha value is -4.60. The van der Waals surface area contributed by atoms with Gasteiger partial charge in [-0.1, -0.05) is 37.1 Å². The van der Waals surface area contributed by atoms with Gasteiger partial charge in [0.1, 0.15) is 36.5 Å². The number of benzene rings is 3. The zero-order valence-corrected chi connectivity index (χ0v) is 37.1. The number of aliphatic hydroxyl groups excluding tert-OH is 2. The fourth-order valence-corrected chi connectivity index (χ4v) is 9.70. The number of aliphatic hydroxyl groups is 2. The zero-order valence-electron chi connectivity index (χ0n) is 35.5. The second-order valence-electron chi connectivity index (χ2n) is 15.7. The Labute approximate surface area is 373 Å². The maximum atomic E-state index is 14.2. The van der Waals surface area contributed by atoms with E-state index >= 15 is 0 Å². The molecular weight excluding hydrogens is 834 g/mol. The number of thioether (sulfide) groups is 1. The average molecular weight is 893 g/mol. The maximum Gasteiger partial charge on any atom is 0.410 e. The number of carbonyl (C=O) groups is 1. The van der Waals surface area contributed by atoms with Crippen LogP contribution in [0.2, 0.25) is 0 Å². The van der Waals surface area contributed by atoms with Gasteiger partial charge in [-0.25, -0.2) is 4.79 Å². The number of nitro benzene ring substituents is 1. The quantitative estimate of drug-likeness (QED) is 0.0233. The number of oxime groups is 1. The van der Waals surface area contributed by atoms with E-state index in [1.165, 1.54) is 12.1 Å². The summed E-state index contributed by atoms with van der Waals surface area (Å²) in [6.45, 7) is 6.63. The van der Waals surface area contributed by atoms with Crippen LogP contribution in [-0.4, -0.2) is 88.8 Å². The van der Waals surface area contributed by atoms with E-state index in [2.05, 4.69) is 18.7 Å². The maximum absolute atomic E-state index is 14.2. The van der Waals surface area contributed by atoms with E-state index in [1.807, 2.05) is 49.6 Å². The van der Waals surface area contributed by atoms with Crippen molar-refractivity contribution < 1.29 is 43.7 Å².